The van der Waals surface area contributed by atoms with Gasteiger partial charge < -0.3 is 15.7 Å². The SMILES string of the molecule is CC[C@@H](CO)NC(=O)CN1C(=O)CNC1=O. The fourth-order valence-corrected chi connectivity index (χ4v) is 1.31. The van der Waals surface area contributed by atoms with Crippen molar-refractivity contribution in [3.05, 3.63) is 0 Å². The number of carbonyl (C=O) groups excluding carboxylic acids is 3. The summed E-state index contributed by atoms with van der Waals surface area (Å²) in [5.41, 5.74) is 0. The van der Waals surface area contributed by atoms with Crippen LogP contribution in [0, 0.1) is 0 Å². The monoisotopic (exact) mass is 229 g/mol. The standard InChI is InChI=1S/C9H15N3O4/c1-2-6(5-13)11-7(14)4-12-8(15)3-10-9(12)16/h6,13H,2-5H2,1H3,(H,10,16)(H,11,14)/t6-/m0/s1. The van der Waals surface area contributed by atoms with E-state index in [9.17, 15) is 14.4 Å². The van der Waals surface area contributed by atoms with Gasteiger partial charge in [0.05, 0.1) is 19.2 Å². The Morgan fingerprint density at radius 1 is 1.62 bits per heavy atom. The molecule has 3 N–H and O–H groups in total. The topological polar surface area (TPSA) is 98.7 Å². The fraction of sp³-hybridized carbons (Fsp3) is 0.667. The van der Waals surface area contributed by atoms with Crippen LogP contribution < -0.4 is 10.6 Å². The van der Waals surface area contributed by atoms with Crippen molar-refractivity contribution in [1.29, 1.82) is 0 Å². The predicted octanol–water partition coefficient (Wildman–Crippen LogP) is -1.57. The molecule has 0 aliphatic carbocycles. The lowest BCUT2D eigenvalue weighted by Crippen LogP contribution is -2.45. The van der Waals surface area contributed by atoms with Crippen molar-refractivity contribution < 1.29 is 19.5 Å². The summed E-state index contributed by atoms with van der Waals surface area (Å²) >= 11 is 0. The van der Waals surface area contributed by atoms with Crippen molar-refractivity contribution in [3.63, 3.8) is 0 Å². The molecular weight excluding hydrogens is 214 g/mol. The molecule has 0 aromatic rings. The molecule has 0 radical (unpaired) electrons. The summed E-state index contributed by atoms with van der Waals surface area (Å²) in [5.74, 6) is -0.872. The molecule has 1 aliphatic rings. The largest absolute Gasteiger partial charge is 0.394 e. The molecule has 90 valence electrons. The van der Waals surface area contributed by atoms with Crippen LogP contribution in [-0.2, 0) is 9.59 Å². The first kappa shape index (κ1) is 12.4. The normalized spacial score (nSPS) is 17.2. The molecule has 7 nitrogen and oxygen atoms in total. The van der Waals surface area contributed by atoms with Crippen LogP contribution in [0.25, 0.3) is 0 Å². The van der Waals surface area contributed by atoms with E-state index in [1.807, 2.05) is 6.92 Å². The maximum absolute atomic E-state index is 11.4. The molecule has 16 heavy (non-hydrogen) atoms. The van der Waals surface area contributed by atoms with Crippen molar-refractivity contribution in [2.24, 2.45) is 0 Å². The number of urea groups is 1. The Balaban J connectivity index is 2.45. The molecule has 1 heterocycles. The molecule has 0 bridgehead atoms. The zero-order valence-corrected chi connectivity index (χ0v) is 9.02. The van der Waals surface area contributed by atoms with Crippen LogP contribution in [0.1, 0.15) is 13.3 Å². The van der Waals surface area contributed by atoms with Crippen molar-refractivity contribution in [2.75, 3.05) is 19.7 Å². The number of hydrogen-bond acceptors (Lipinski definition) is 4. The lowest BCUT2D eigenvalue weighted by molar-refractivity contribution is -0.131. The Morgan fingerprint density at radius 3 is 2.75 bits per heavy atom. The summed E-state index contributed by atoms with van der Waals surface area (Å²) in [5, 5.41) is 13.7. The molecule has 0 aromatic carbocycles. The molecule has 1 fully saturated rings. The van der Waals surface area contributed by atoms with Gasteiger partial charge in [-0.1, -0.05) is 6.92 Å². The first-order valence-electron chi connectivity index (χ1n) is 5.06. The average molecular weight is 229 g/mol. The van der Waals surface area contributed by atoms with Gasteiger partial charge in [0, 0.05) is 0 Å². The van der Waals surface area contributed by atoms with E-state index < -0.39 is 17.8 Å². The summed E-state index contributed by atoms with van der Waals surface area (Å²) < 4.78 is 0. The van der Waals surface area contributed by atoms with Gasteiger partial charge in [0.1, 0.15) is 6.54 Å². The Labute approximate surface area is 92.8 Å². The average Bonchev–Trinajstić information content (AvgIpc) is 2.57. The molecule has 1 aliphatic heterocycles. The third kappa shape index (κ3) is 2.93. The Morgan fingerprint density at radius 2 is 2.31 bits per heavy atom. The van der Waals surface area contributed by atoms with Crippen LogP contribution >= 0.6 is 0 Å². The van der Waals surface area contributed by atoms with E-state index in [1.165, 1.54) is 0 Å². The van der Waals surface area contributed by atoms with Crippen molar-refractivity contribution in [3.8, 4) is 0 Å². The third-order valence-electron chi connectivity index (χ3n) is 2.32. The van der Waals surface area contributed by atoms with E-state index in [-0.39, 0.29) is 25.7 Å². The maximum atomic E-state index is 11.4. The summed E-state index contributed by atoms with van der Waals surface area (Å²) in [6, 6.07) is -0.898. The van der Waals surface area contributed by atoms with Crippen LogP contribution in [-0.4, -0.2) is 53.6 Å². The highest BCUT2D eigenvalue weighted by Crippen LogP contribution is 1.98. The van der Waals surface area contributed by atoms with Gasteiger partial charge >= 0.3 is 6.03 Å². The molecule has 1 saturated heterocycles. The highest BCUT2D eigenvalue weighted by molar-refractivity contribution is 6.04. The minimum absolute atomic E-state index is 0.0662. The summed E-state index contributed by atoms with van der Waals surface area (Å²) in [6.07, 6.45) is 0.586. The van der Waals surface area contributed by atoms with Crippen LogP contribution in [0.2, 0.25) is 0 Å². The van der Waals surface area contributed by atoms with E-state index in [1.54, 1.807) is 0 Å². The van der Waals surface area contributed by atoms with Gasteiger partial charge in [-0.3, -0.25) is 14.5 Å². The van der Waals surface area contributed by atoms with Gasteiger partial charge in [-0.05, 0) is 6.42 Å². The first-order valence-corrected chi connectivity index (χ1v) is 5.06. The Hall–Kier alpha value is -1.63. The smallest absolute Gasteiger partial charge is 0.325 e. The summed E-state index contributed by atoms with van der Waals surface area (Å²) in [4.78, 5) is 34.5. The molecule has 0 saturated carbocycles. The van der Waals surface area contributed by atoms with E-state index in [4.69, 9.17) is 5.11 Å². The number of rotatable bonds is 5. The van der Waals surface area contributed by atoms with Crippen LogP contribution in [0.3, 0.4) is 0 Å². The Bertz CT molecular complexity index is 285. The zero-order chi connectivity index (χ0) is 12.1. The van der Waals surface area contributed by atoms with E-state index in [2.05, 4.69) is 10.6 Å². The molecule has 1 rings (SSSR count). The van der Waals surface area contributed by atoms with Gasteiger partial charge in [-0.15, -0.1) is 0 Å². The minimum atomic E-state index is -0.558. The number of aliphatic hydroxyl groups excluding tert-OH is 1. The van der Waals surface area contributed by atoms with Crippen LogP contribution in [0.4, 0.5) is 4.79 Å². The molecule has 0 unspecified atom stereocenters. The number of hydrogen-bond donors (Lipinski definition) is 3. The third-order valence-corrected chi connectivity index (χ3v) is 2.32. The number of aliphatic hydroxyl groups is 1. The van der Waals surface area contributed by atoms with Gasteiger partial charge in [0.25, 0.3) is 5.91 Å². The van der Waals surface area contributed by atoms with E-state index in [0.29, 0.717) is 6.42 Å². The van der Waals surface area contributed by atoms with Gasteiger partial charge in [-0.25, -0.2) is 4.79 Å². The molecular formula is C9H15N3O4. The van der Waals surface area contributed by atoms with Crippen LogP contribution in [0.5, 0.6) is 0 Å². The van der Waals surface area contributed by atoms with Crippen molar-refractivity contribution >= 4 is 17.8 Å². The maximum Gasteiger partial charge on any atom is 0.325 e. The number of nitrogens with zero attached hydrogens (tertiary/aromatic N) is 1. The first-order chi connectivity index (χ1) is 7.58. The van der Waals surface area contributed by atoms with E-state index >= 15 is 0 Å². The lowest BCUT2D eigenvalue weighted by atomic mass is 10.2. The number of imide groups is 1. The van der Waals surface area contributed by atoms with Crippen LogP contribution in [0.15, 0.2) is 0 Å². The zero-order valence-electron chi connectivity index (χ0n) is 9.02. The highest BCUT2D eigenvalue weighted by atomic mass is 16.3. The highest BCUT2D eigenvalue weighted by Gasteiger charge is 2.30. The fourth-order valence-electron chi connectivity index (χ4n) is 1.31. The second kappa shape index (κ2) is 5.45. The van der Waals surface area contributed by atoms with Crippen molar-refractivity contribution in [1.82, 2.24) is 15.5 Å². The van der Waals surface area contributed by atoms with Gasteiger partial charge in [0.2, 0.25) is 5.91 Å². The minimum Gasteiger partial charge on any atom is -0.394 e. The molecule has 0 spiro atoms. The quantitative estimate of drug-likeness (QED) is 0.496. The lowest BCUT2D eigenvalue weighted by Gasteiger charge is -2.16. The molecule has 4 amide bonds. The summed E-state index contributed by atoms with van der Waals surface area (Å²) in [7, 11) is 0. The predicted molar refractivity (Wildman–Crippen MR) is 54.4 cm³/mol. The van der Waals surface area contributed by atoms with Crippen molar-refractivity contribution in [2.45, 2.75) is 19.4 Å². The number of amides is 4. The van der Waals surface area contributed by atoms with Gasteiger partial charge in [-0.2, -0.15) is 0 Å². The second-order valence-electron chi connectivity index (χ2n) is 3.49. The van der Waals surface area contributed by atoms with E-state index in [0.717, 1.165) is 4.90 Å². The second-order valence-corrected chi connectivity index (χ2v) is 3.49. The summed E-state index contributed by atoms with van der Waals surface area (Å²) in [6.45, 7) is 1.28. The number of nitrogens with one attached hydrogen (secondary N) is 2. The molecule has 0 aromatic heterocycles. The Kier molecular flexibility index (Phi) is 4.24. The van der Waals surface area contributed by atoms with Gasteiger partial charge in [0.15, 0.2) is 0 Å². The molecule has 7 heteroatoms. The molecule has 1 atom stereocenters. The number of carbonyl (C=O) groups is 3.